The van der Waals surface area contributed by atoms with Crippen molar-refractivity contribution in [2.24, 2.45) is 5.92 Å². The van der Waals surface area contributed by atoms with E-state index in [2.05, 4.69) is 24.1 Å². The second kappa shape index (κ2) is 11.9. The molecule has 1 saturated heterocycles. The van der Waals surface area contributed by atoms with Crippen molar-refractivity contribution in [2.45, 2.75) is 74.8 Å². The zero-order chi connectivity index (χ0) is 29.2. The van der Waals surface area contributed by atoms with E-state index in [9.17, 15) is 31.2 Å². The zero-order valence-corrected chi connectivity index (χ0v) is 23.7. The van der Waals surface area contributed by atoms with Gasteiger partial charge in [-0.1, -0.05) is 24.3 Å². The molecular formula is C29H36F3N3O4S. The van der Waals surface area contributed by atoms with Crippen LogP contribution < -0.4 is 5.32 Å². The maximum Gasteiger partial charge on any atom is 0.416 e. The van der Waals surface area contributed by atoms with Crippen LogP contribution in [0.4, 0.5) is 13.2 Å². The number of hydrogen-bond acceptors (Lipinski definition) is 5. The van der Waals surface area contributed by atoms with Crippen LogP contribution in [0.15, 0.2) is 59.5 Å². The lowest BCUT2D eigenvalue weighted by atomic mass is 9.81. The minimum atomic E-state index is -4.59. The van der Waals surface area contributed by atoms with Crippen molar-refractivity contribution in [1.82, 2.24) is 15.1 Å². The number of nitrogens with zero attached hydrogens (tertiary/aromatic N) is 2. The Balaban J connectivity index is 1.51. The molecule has 1 saturated carbocycles. The summed E-state index contributed by atoms with van der Waals surface area (Å²) in [5.74, 6) is -1.50. The van der Waals surface area contributed by atoms with Crippen LogP contribution in [0.3, 0.4) is 0 Å². The van der Waals surface area contributed by atoms with Crippen LogP contribution in [0.2, 0.25) is 0 Å². The number of nitrogens with one attached hydrogen (secondary N) is 1. The van der Waals surface area contributed by atoms with E-state index in [1.807, 2.05) is 7.05 Å². The monoisotopic (exact) mass is 579 g/mol. The van der Waals surface area contributed by atoms with Crippen LogP contribution in [0.1, 0.15) is 55.5 Å². The molecule has 2 aliphatic rings. The second-order valence-corrected chi connectivity index (χ2v) is 13.1. The predicted molar refractivity (Wildman–Crippen MR) is 145 cm³/mol. The van der Waals surface area contributed by atoms with E-state index < -0.39 is 33.5 Å². The molecule has 2 amide bonds. The molecule has 0 aromatic heterocycles. The molecule has 2 aromatic rings. The smallest absolute Gasteiger partial charge is 0.340 e. The number of benzene rings is 2. The Hall–Kier alpha value is -2.92. The van der Waals surface area contributed by atoms with Crippen molar-refractivity contribution in [1.29, 1.82) is 0 Å². The van der Waals surface area contributed by atoms with Gasteiger partial charge in [0.2, 0.25) is 5.91 Å². The van der Waals surface area contributed by atoms with Gasteiger partial charge in [0, 0.05) is 30.2 Å². The number of rotatable bonds is 8. The fraction of sp³-hybridized carbons (Fsp3) is 0.517. The highest BCUT2D eigenvalue weighted by molar-refractivity contribution is 7.91. The van der Waals surface area contributed by atoms with Crippen molar-refractivity contribution in [3.63, 3.8) is 0 Å². The fourth-order valence-electron chi connectivity index (χ4n) is 5.85. The van der Waals surface area contributed by atoms with Gasteiger partial charge in [-0.25, -0.2) is 8.42 Å². The summed E-state index contributed by atoms with van der Waals surface area (Å²) in [4.78, 5) is 30.4. The molecule has 11 heteroatoms. The Morgan fingerprint density at radius 1 is 1.07 bits per heavy atom. The summed E-state index contributed by atoms with van der Waals surface area (Å²) in [6.45, 7) is 4.51. The minimum absolute atomic E-state index is 0.102. The van der Waals surface area contributed by atoms with E-state index in [0.29, 0.717) is 25.8 Å². The van der Waals surface area contributed by atoms with Crippen LogP contribution in [-0.2, 0) is 20.8 Å². The molecule has 2 fully saturated rings. The first-order chi connectivity index (χ1) is 18.8. The molecule has 1 unspecified atom stereocenters. The third-order valence-electron chi connectivity index (χ3n) is 8.24. The van der Waals surface area contributed by atoms with Crippen LogP contribution >= 0.6 is 0 Å². The number of hydrogen-bond donors (Lipinski definition) is 1. The first-order valence-corrected chi connectivity index (χ1v) is 15.2. The van der Waals surface area contributed by atoms with Crippen LogP contribution in [0.25, 0.3) is 0 Å². The molecule has 40 heavy (non-hydrogen) atoms. The highest BCUT2D eigenvalue weighted by atomic mass is 32.2. The average Bonchev–Trinajstić information content (AvgIpc) is 3.27. The Bertz CT molecular complexity index is 1320. The predicted octanol–water partition coefficient (Wildman–Crippen LogP) is 4.39. The number of alkyl halides is 3. The quantitative estimate of drug-likeness (QED) is 0.502. The van der Waals surface area contributed by atoms with Gasteiger partial charge >= 0.3 is 6.18 Å². The van der Waals surface area contributed by atoms with Gasteiger partial charge in [-0.3, -0.25) is 9.59 Å². The van der Waals surface area contributed by atoms with E-state index in [1.165, 1.54) is 6.07 Å². The molecule has 2 aromatic carbocycles. The Labute approximate surface area is 233 Å². The van der Waals surface area contributed by atoms with Gasteiger partial charge in [0.05, 0.1) is 16.2 Å². The van der Waals surface area contributed by atoms with Gasteiger partial charge in [0.1, 0.15) is 6.04 Å². The molecule has 1 aliphatic carbocycles. The summed E-state index contributed by atoms with van der Waals surface area (Å²) in [6, 6.07) is 11.6. The normalized spacial score (nSPS) is 24.1. The first-order valence-electron chi connectivity index (χ1n) is 13.6. The van der Waals surface area contributed by atoms with E-state index in [1.54, 1.807) is 35.2 Å². The fourth-order valence-corrected chi connectivity index (χ4v) is 7.54. The molecule has 218 valence electrons. The first kappa shape index (κ1) is 30.0. The highest BCUT2D eigenvalue weighted by Crippen LogP contribution is 2.36. The molecule has 0 bridgehead atoms. The van der Waals surface area contributed by atoms with Crippen LogP contribution in [-0.4, -0.2) is 73.5 Å². The van der Waals surface area contributed by atoms with Crippen molar-refractivity contribution in [3.05, 3.63) is 65.7 Å². The second-order valence-electron chi connectivity index (χ2n) is 11.1. The van der Waals surface area contributed by atoms with Gasteiger partial charge < -0.3 is 15.1 Å². The molecule has 4 atom stereocenters. The topological polar surface area (TPSA) is 86.8 Å². The standard InChI is InChI=1S/C29H36F3N3O4S/c1-19(2)34(3)23-12-13-26(21(17-23)18-40(38,39)24-10-5-4-6-11-24)35-15-14-25(28(35)37)33-27(36)20-8-7-9-22(16-20)29(30,31)32/h4-11,16,19,21,23,25-26H,12-15,17-18H2,1-3H3,(H,33,36)/t21-,23+,25?,26-/m0/s1. The number of carbonyl (C=O) groups is 2. The number of sulfone groups is 1. The molecule has 7 nitrogen and oxygen atoms in total. The molecule has 0 spiro atoms. The Kier molecular flexibility index (Phi) is 8.94. The number of carbonyl (C=O) groups excluding carboxylic acids is 2. The zero-order valence-electron chi connectivity index (χ0n) is 22.9. The lowest BCUT2D eigenvalue weighted by molar-refractivity contribution is -0.137. The summed E-state index contributed by atoms with van der Waals surface area (Å²) >= 11 is 0. The van der Waals surface area contributed by atoms with Crippen molar-refractivity contribution >= 4 is 21.7 Å². The molecule has 1 N–H and O–H groups in total. The Morgan fingerprint density at radius 3 is 2.42 bits per heavy atom. The average molecular weight is 580 g/mol. The number of halogens is 3. The SMILES string of the molecule is CC(C)N(C)[C@@H]1CC[C@H](N2CCC(NC(=O)c3cccc(C(F)(F)F)c3)C2=O)[C@H](CS(=O)(=O)c2ccccc2)C1. The molecular weight excluding hydrogens is 543 g/mol. The summed E-state index contributed by atoms with van der Waals surface area (Å²) in [6.07, 6.45) is -2.26. The van der Waals surface area contributed by atoms with Crippen LogP contribution in [0, 0.1) is 5.92 Å². The van der Waals surface area contributed by atoms with Gasteiger partial charge in [-0.2, -0.15) is 13.2 Å². The van der Waals surface area contributed by atoms with E-state index >= 15 is 0 Å². The van der Waals surface area contributed by atoms with E-state index in [0.717, 1.165) is 24.6 Å². The lowest BCUT2D eigenvalue weighted by Crippen LogP contribution is -2.53. The minimum Gasteiger partial charge on any atom is -0.340 e. The third-order valence-corrected chi connectivity index (χ3v) is 10.1. The van der Waals surface area contributed by atoms with E-state index in [-0.39, 0.29) is 46.2 Å². The largest absolute Gasteiger partial charge is 0.416 e. The third kappa shape index (κ3) is 6.68. The Morgan fingerprint density at radius 2 is 1.77 bits per heavy atom. The molecule has 4 rings (SSSR count). The molecule has 1 heterocycles. The summed E-state index contributed by atoms with van der Waals surface area (Å²) in [5, 5.41) is 2.60. The van der Waals surface area contributed by atoms with Gasteiger partial charge in [-0.15, -0.1) is 0 Å². The van der Waals surface area contributed by atoms with E-state index in [4.69, 9.17) is 0 Å². The van der Waals surface area contributed by atoms with Gasteiger partial charge in [-0.05, 0) is 82.8 Å². The summed E-state index contributed by atoms with van der Waals surface area (Å²) < 4.78 is 66.0. The lowest BCUT2D eigenvalue weighted by Gasteiger charge is -2.44. The summed E-state index contributed by atoms with van der Waals surface area (Å²) in [5.41, 5.74) is -1.12. The van der Waals surface area contributed by atoms with Gasteiger partial charge in [0.25, 0.3) is 5.91 Å². The molecule has 0 radical (unpaired) electrons. The van der Waals surface area contributed by atoms with Crippen LogP contribution in [0.5, 0.6) is 0 Å². The molecule has 1 aliphatic heterocycles. The number of amides is 2. The number of likely N-dealkylation sites (tertiary alicyclic amines) is 1. The van der Waals surface area contributed by atoms with Crippen molar-refractivity contribution in [2.75, 3.05) is 19.3 Å². The summed E-state index contributed by atoms with van der Waals surface area (Å²) in [7, 11) is -1.59. The maximum absolute atomic E-state index is 13.5. The maximum atomic E-state index is 13.5. The van der Waals surface area contributed by atoms with Crippen molar-refractivity contribution < 1.29 is 31.2 Å². The van der Waals surface area contributed by atoms with Crippen molar-refractivity contribution in [3.8, 4) is 0 Å². The van der Waals surface area contributed by atoms with Gasteiger partial charge in [0.15, 0.2) is 9.84 Å². The highest BCUT2D eigenvalue weighted by Gasteiger charge is 2.44.